The number of hydrogen-bond donors (Lipinski definition) is 0. The first kappa shape index (κ1) is 16.1. The van der Waals surface area contributed by atoms with Crippen LogP contribution in [0.3, 0.4) is 0 Å². The van der Waals surface area contributed by atoms with Crippen molar-refractivity contribution in [1.29, 1.82) is 0 Å². The van der Waals surface area contributed by atoms with Gasteiger partial charge in [-0.15, -0.1) is 0 Å². The topological polar surface area (TPSA) is 53.8 Å². The lowest BCUT2D eigenvalue weighted by molar-refractivity contribution is -0.137. The minimum absolute atomic E-state index is 0.105. The normalized spacial score (nSPS) is 15.6. The van der Waals surface area contributed by atoms with Gasteiger partial charge in [0.05, 0.1) is 0 Å². The van der Waals surface area contributed by atoms with Gasteiger partial charge in [0.1, 0.15) is 0 Å². The molecule has 5 nitrogen and oxygen atoms in total. The molecule has 0 saturated carbocycles. The van der Waals surface area contributed by atoms with E-state index in [2.05, 4.69) is 15.9 Å². The highest BCUT2D eigenvalue weighted by atomic mass is 79.9. The third-order valence-corrected chi connectivity index (χ3v) is 4.42. The molecular weight excluding hydrogens is 336 g/mol. The van der Waals surface area contributed by atoms with Gasteiger partial charge in [-0.2, -0.15) is 0 Å². The van der Waals surface area contributed by atoms with Gasteiger partial charge in [0.15, 0.2) is 10.4 Å². The van der Waals surface area contributed by atoms with Crippen LogP contribution in [0.2, 0.25) is 0 Å². The fourth-order valence-corrected chi connectivity index (χ4v) is 2.92. The van der Waals surface area contributed by atoms with Crippen LogP contribution in [0.5, 0.6) is 0 Å². The zero-order valence-electron chi connectivity index (χ0n) is 12.5. The molecule has 0 N–H and O–H groups in total. The molecule has 1 aliphatic rings. The van der Waals surface area contributed by atoms with E-state index in [1.54, 1.807) is 17.0 Å². The molecule has 21 heavy (non-hydrogen) atoms. The summed E-state index contributed by atoms with van der Waals surface area (Å²) >= 11 is 3.19. The molecule has 1 aromatic rings. The second kappa shape index (κ2) is 7.11. The number of hydrogen-bond acceptors (Lipinski definition) is 3. The molecule has 1 aliphatic heterocycles. The lowest BCUT2D eigenvalue weighted by Crippen LogP contribution is -2.51. The van der Waals surface area contributed by atoms with E-state index in [1.165, 1.54) is 0 Å². The van der Waals surface area contributed by atoms with Gasteiger partial charge < -0.3 is 14.2 Å². The number of amides is 2. The van der Waals surface area contributed by atoms with Gasteiger partial charge in [0.25, 0.3) is 5.91 Å². The van der Waals surface area contributed by atoms with Crippen LogP contribution in [0.15, 0.2) is 21.2 Å². The van der Waals surface area contributed by atoms with Gasteiger partial charge in [-0.05, 0) is 40.9 Å². The highest BCUT2D eigenvalue weighted by Crippen LogP contribution is 2.18. The minimum atomic E-state index is -0.115. The molecule has 0 aromatic carbocycles. The molecule has 0 aliphatic carbocycles. The zero-order valence-corrected chi connectivity index (χ0v) is 14.1. The lowest BCUT2D eigenvalue weighted by atomic mass is 10.0. The molecule has 0 atom stereocenters. The Morgan fingerprint density at radius 3 is 2.19 bits per heavy atom. The summed E-state index contributed by atoms with van der Waals surface area (Å²) in [6.07, 6.45) is 1.74. The summed E-state index contributed by atoms with van der Waals surface area (Å²) in [5.41, 5.74) is 0. The summed E-state index contributed by atoms with van der Waals surface area (Å²) in [5.74, 6) is 0.540. The summed E-state index contributed by atoms with van der Waals surface area (Å²) in [7, 11) is 0. The van der Waals surface area contributed by atoms with E-state index < -0.39 is 0 Å². The highest BCUT2D eigenvalue weighted by molar-refractivity contribution is 9.10. The fourth-order valence-electron chi connectivity index (χ4n) is 2.61. The number of halogens is 1. The van der Waals surface area contributed by atoms with Gasteiger partial charge >= 0.3 is 0 Å². The van der Waals surface area contributed by atoms with Gasteiger partial charge in [-0.25, -0.2) is 0 Å². The predicted molar refractivity (Wildman–Crippen MR) is 83.0 cm³/mol. The largest absolute Gasteiger partial charge is 0.444 e. The van der Waals surface area contributed by atoms with Crippen LogP contribution in [0.1, 0.15) is 37.2 Å². The Kier molecular flexibility index (Phi) is 5.45. The highest BCUT2D eigenvalue weighted by Gasteiger charge is 2.28. The number of rotatable bonds is 4. The average Bonchev–Trinajstić information content (AvgIpc) is 2.94. The number of furan rings is 1. The van der Waals surface area contributed by atoms with E-state index in [9.17, 15) is 9.59 Å². The molecule has 0 radical (unpaired) electrons. The Morgan fingerprint density at radius 2 is 1.71 bits per heavy atom. The van der Waals surface area contributed by atoms with E-state index in [0.717, 1.165) is 12.8 Å². The van der Waals surface area contributed by atoms with Gasteiger partial charge in [-0.3, -0.25) is 9.59 Å². The molecule has 2 amide bonds. The van der Waals surface area contributed by atoms with Crippen LogP contribution in [0.4, 0.5) is 0 Å². The first-order valence-corrected chi connectivity index (χ1v) is 8.19. The minimum Gasteiger partial charge on any atom is -0.444 e. The Bertz CT molecular complexity index is 503. The van der Waals surface area contributed by atoms with Crippen LogP contribution in [0, 0.1) is 5.92 Å². The summed E-state index contributed by atoms with van der Waals surface area (Å²) in [5, 5.41) is 0. The Balaban J connectivity index is 1.91. The van der Waals surface area contributed by atoms with E-state index in [0.29, 0.717) is 36.6 Å². The standard InChI is InChI=1S/C15H21BrN2O3/c1-3-11(4-2)14(19)17-7-9-18(10-8-17)15(20)12-5-6-13(16)21-12/h5-6,11H,3-4,7-10H2,1-2H3. The monoisotopic (exact) mass is 356 g/mol. The molecule has 1 fully saturated rings. The van der Waals surface area contributed by atoms with Crippen molar-refractivity contribution >= 4 is 27.7 Å². The number of nitrogens with zero attached hydrogens (tertiary/aromatic N) is 2. The third-order valence-electron chi connectivity index (χ3n) is 4.00. The molecule has 0 spiro atoms. The first-order valence-electron chi connectivity index (χ1n) is 7.40. The quantitative estimate of drug-likeness (QED) is 0.833. The number of carbonyl (C=O) groups is 2. The van der Waals surface area contributed by atoms with E-state index >= 15 is 0 Å². The van der Waals surface area contributed by atoms with Crippen molar-refractivity contribution in [2.24, 2.45) is 5.92 Å². The van der Waals surface area contributed by atoms with Gasteiger partial charge in [-0.1, -0.05) is 13.8 Å². The first-order chi connectivity index (χ1) is 10.1. The second-order valence-electron chi connectivity index (χ2n) is 5.23. The molecule has 1 saturated heterocycles. The Labute approximate surface area is 133 Å². The number of piperazine rings is 1. The Morgan fingerprint density at radius 1 is 1.14 bits per heavy atom. The lowest BCUT2D eigenvalue weighted by Gasteiger charge is -2.35. The predicted octanol–water partition coefficient (Wildman–Crippen LogP) is 2.76. The van der Waals surface area contributed by atoms with E-state index in [4.69, 9.17) is 4.42 Å². The van der Waals surface area contributed by atoms with Gasteiger partial charge in [0, 0.05) is 32.1 Å². The maximum Gasteiger partial charge on any atom is 0.289 e. The smallest absolute Gasteiger partial charge is 0.289 e. The van der Waals surface area contributed by atoms with Crippen molar-refractivity contribution in [2.75, 3.05) is 26.2 Å². The van der Waals surface area contributed by atoms with Crippen molar-refractivity contribution in [2.45, 2.75) is 26.7 Å². The van der Waals surface area contributed by atoms with Crippen molar-refractivity contribution < 1.29 is 14.0 Å². The molecule has 2 heterocycles. The van der Waals surface area contributed by atoms with Crippen LogP contribution in [-0.4, -0.2) is 47.8 Å². The maximum atomic E-state index is 12.3. The van der Waals surface area contributed by atoms with Crippen LogP contribution >= 0.6 is 15.9 Å². The summed E-state index contributed by atoms with van der Waals surface area (Å²) < 4.78 is 5.84. The van der Waals surface area contributed by atoms with Crippen LogP contribution < -0.4 is 0 Å². The maximum absolute atomic E-state index is 12.3. The molecule has 0 bridgehead atoms. The molecule has 116 valence electrons. The van der Waals surface area contributed by atoms with Crippen molar-refractivity contribution in [3.63, 3.8) is 0 Å². The van der Waals surface area contributed by atoms with Crippen LogP contribution in [0.25, 0.3) is 0 Å². The molecule has 6 heteroatoms. The fraction of sp³-hybridized carbons (Fsp3) is 0.600. The van der Waals surface area contributed by atoms with Crippen LogP contribution in [-0.2, 0) is 4.79 Å². The molecular formula is C15H21BrN2O3. The van der Waals surface area contributed by atoms with Crippen molar-refractivity contribution in [3.05, 3.63) is 22.6 Å². The average molecular weight is 357 g/mol. The van der Waals surface area contributed by atoms with E-state index in [1.807, 2.05) is 18.7 Å². The third kappa shape index (κ3) is 3.67. The second-order valence-corrected chi connectivity index (χ2v) is 6.02. The van der Waals surface area contributed by atoms with E-state index in [-0.39, 0.29) is 17.7 Å². The Hall–Kier alpha value is -1.30. The summed E-state index contributed by atoms with van der Waals surface area (Å²) in [4.78, 5) is 28.2. The van der Waals surface area contributed by atoms with Gasteiger partial charge in [0.2, 0.25) is 5.91 Å². The summed E-state index contributed by atoms with van der Waals surface area (Å²) in [6.45, 7) is 6.40. The molecule has 0 unspecified atom stereocenters. The van der Waals surface area contributed by atoms with Crippen molar-refractivity contribution in [1.82, 2.24) is 9.80 Å². The SMILES string of the molecule is CCC(CC)C(=O)N1CCN(C(=O)c2ccc(Br)o2)CC1. The molecule has 2 rings (SSSR count). The summed E-state index contributed by atoms with van der Waals surface area (Å²) in [6, 6.07) is 3.37. The number of carbonyl (C=O) groups excluding carboxylic acids is 2. The van der Waals surface area contributed by atoms with Crippen molar-refractivity contribution in [3.8, 4) is 0 Å². The zero-order chi connectivity index (χ0) is 15.4. The molecule has 1 aromatic heterocycles.